The molecule has 106 valence electrons. The van der Waals surface area contributed by atoms with Crippen LogP contribution in [0, 0.1) is 0 Å². The number of benzene rings is 1. The Morgan fingerprint density at radius 3 is 2.47 bits per heavy atom. The van der Waals surface area contributed by atoms with E-state index in [4.69, 9.17) is 5.11 Å². The Hall–Kier alpha value is -1.60. The van der Waals surface area contributed by atoms with E-state index in [1.807, 2.05) is 0 Å². The lowest BCUT2D eigenvalue weighted by Gasteiger charge is -2.19. The molecule has 0 aromatic heterocycles. The molecular weight excluding hydrogens is 268 g/mol. The average Bonchev–Trinajstić information content (AvgIpc) is 2.27. The molecule has 19 heavy (non-hydrogen) atoms. The highest BCUT2D eigenvalue weighted by atomic mass is 32.2. The molecule has 7 heteroatoms. The number of nitrogens with zero attached hydrogens (tertiary/aromatic N) is 1. The monoisotopic (exact) mass is 286 g/mol. The Labute approximate surface area is 113 Å². The zero-order chi connectivity index (χ0) is 14.6. The highest BCUT2D eigenvalue weighted by molar-refractivity contribution is 7.89. The van der Waals surface area contributed by atoms with Gasteiger partial charge in [0, 0.05) is 20.1 Å². The number of aliphatic carboxylic acids is 1. The van der Waals surface area contributed by atoms with Crippen molar-refractivity contribution in [1.29, 1.82) is 0 Å². The van der Waals surface area contributed by atoms with Crippen LogP contribution in [0.15, 0.2) is 29.2 Å². The molecule has 0 bridgehead atoms. The first-order valence-electron chi connectivity index (χ1n) is 5.75. The lowest BCUT2D eigenvalue weighted by molar-refractivity contribution is -0.137. The summed E-state index contributed by atoms with van der Waals surface area (Å²) >= 11 is 0. The molecule has 0 heterocycles. The van der Waals surface area contributed by atoms with Gasteiger partial charge in [0.25, 0.3) is 0 Å². The molecule has 0 amide bonds. The third-order valence-corrected chi connectivity index (χ3v) is 4.40. The van der Waals surface area contributed by atoms with Crippen molar-refractivity contribution in [2.45, 2.75) is 24.3 Å². The van der Waals surface area contributed by atoms with E-state index in [-0.39, 0.29) is 17.4 Å². The Bertz CT molecular complexity index is 555. The number of carbonyl (C=O) groups is 1. The van der Waals surface area contributed by atoms with Gasteiger partial charge in [-0.05, 0) is 19.1 Å². The summed E-state index contributed by atoms with van der Waals surface area (Å²) in [6, 6.07) is 6.07. The molecule has 1 rings (SSSR count). The van der Waals surface area contributed by atoms with E-state index in [1.165, 1.54) is 20.2 Å². The fourth-order valence-electron chi connectivity index (χ4n) is 1.59. The van der Waals surface area contributed by atoms with Gasteiger partial charge in [-0.15, -0.1) is 0 Å². The lowest BCUT2D eigenvalue weighted by Crippen LogP contribution is -2.25. The minimum Gasteiger partial charge on any atom is -0.481 e. The van der Waals surface area contributed by atoms with E-state index in [0.29, 0.717) is 5.69 Å². The molecule has 1 aromatic carbocycles. The second kappa shape index (κ2) is 6.03. The molecule has 1 aromatic rings. The minimum atomic E-state index is -3.56. The van der Waals surface area contributed by atoms with Gasteiger partial charge in [-0.3, -0.25) is 4.79 Å². The van der Waals surface area contributed by atoms with Crippen LogP contribution in [0.2, 0.25) is 0 Å². The van der Waals surface area contributed by atoms with Gasteiger partial charge in [0.05, 0.1) is 12.1 Å². The van der Waals surface area contributed by atoms with Crippen LogP contribution in [0.25, 0.3) is 0 Å². The Morgan fingerprint density at radius 1 is 1.37 bits per heavy atom. The Morgan fingerprint density at radius 2 is 1.95 bits per heavy atom. The topological polar surface area (TPSA) is 86.7 Å². The van der Waals surface area contributed by atoms with Crippen molar-refractivity contribution in [2.75, 3.05) is 19.4 Å². The van der Waals surface area contributed by atoms with E-state index in [9.17, 15) is 13.2 Å². The third kappa shape index (κ3) is 3.93. The van der Waals surface area contributed by atoms with Crippen molar-refractivity contribution < 1.29 is 18.3 Å². The molecule has 0 spiro atoms. The fraction of sp³-hybridized carbons (Fsp3) is 0.417. The van der Waals surface area contributed by atoms with E-state index in [2.05, 4.69) is 5.32 Å². The summed E-state index contributed by atoms with van der Waals surface area (Å²) in [6.45, 7) is 1.69. The number of hydrogen-bond acceptors (Lipinski definition) is 4. The Balaban J connectivity index is 3.07. The number of sulfonamides is 1. The summed E-state index contributed by atoms with van der Waals surface area (Å²) in [6.07, 6.45) is -0.0870. The molecule has 0 saturated carbocycles. The smallest absolute Gasteiger partial charge is 0.305 e. The van der Waals surface area contributed by atoms with Crippen LogP contribution in [0.5, 0.6) is 0 Å². The first-order valence-corrected chi connectivity index (χ1v) is 7.19. The summed E-state index contributed by atoms with van der Waals surface area (Å²) in [5, 5.41) is 11.6. The summed E-state index contributed by atoms with van der Waals surface area (Å²) in [5.74, 6) is -0.937. The standard InChI is InChI=1S/C12H18N2O4S/c1-9(8-12(15)16)13-10-6-4-5-7-11(10)19(17,18)14(2)3/h4-7,9,13H,8H2,1-3H3,(H,15,16). The van der Waals surface area contributed by atoms with Gasteiger partial charge in [-0.25, -0.2) is 12.7 Å². The molecule has 0 aliphatic rings. The molecule has 0 radical (unpaired) electrons. The first-order chi connectivity index (χ1) is 8.75. The van der Waals surface area contributed by atoms with Crippen molar-refractivity contribution in [3.8, 4) is 0 Å². The minimum absolute atomic E-state index is 0.0870. The zero-order valence-corrected chi connectivity index (χ0v) is 11.9. The highest BCUT2D eigenvalue weighted by Gasteiger charge is 2.21. The second-order valence-corrected chi connectivity index (χ2v) is 6.55. The molecule has 0 fully saturated rings. The van der Waals surface area contributed by atoms with Crippen LogP contribution in [-0.2, 0) is 14.8 Å². The van der Waals surface area contributed by atoms with Gasteiger partial charge in [0.2, 0.25) is 10.0 Å². The second-order valence-electron chi connectivity index (χ2n) is 4.43. The van der Waals surface area contributed by atoms with E-state index < -0.39 is 16.0 Å². The predicted molar refractivity (Wildman–Crippen MR) is 72.7 cm³/mol. The van der Waals surface area contributed by atoms with Crippen molar-refractivity contribution in [3.05, 3.63) is 24.3 Å². The maximum absolute atomic E-state index is 12.1. The summed E-state index contributed by atoms with van der Waals surface area (Å²) in [4.78, 5) is 10.8. The van der Waals surface area contributed by atoms with Crippen LogP contribution in [-0.4, -0.2) is 43.9 Å². The number of nitrogens with one attached hydrogen (secondary N) is 1. The molecule has 1 atom stereocenters. The summed E-state index contributed by atoms with van der Waals surface area (Å²) < 4.78 is 25.4. The Kier molecular flexibility index (Phi) is 4.90. The van der Waals surface area contributed by atoms with Crippen LogP contribution in [0.3, 0.4) is 0 Å². The van der Waals surface area contributed by atoms with Crippen LogP contribution < -0.4 is 5.32 Å². The normalized spacial score (nSPS) is 13.3. The van der Waals surface area contributed by atoms with Gasteiger partial charge >= 0.3 is 5.97 Å². The zero-order valence-electron chi connectivity index (χ0n) is 11.1. The molecule has 0 aliphatic carbocycles. The van der Waals surface area contributed by atoms with Crippen LogP contribution >= 0.6 is 0 Å². The van der Waals surface area contributed by atoms with Crippen molar-refractivity contribution in [3.63, 3.8) is 0 Å². The summed E-state index contributed by atoms with van der Waals surface area (Å²) in [7, 11) is -0.656. The number of carboxylic acids is 1. The molecule has 6 nitrogen and oxygen atoms in total. The number of para-hydroxylation sites is 1. The molecular formula is C12H18N2O4S. The van der Waals surface area contributed by atoms with Gasteiger partial charge in [0.1, 0.15) is 4.90 Å². The lowest BCUT2D eigenvalue weighted by atomic mass is 10.2. The average molecular weight is 286 g/mol. The van der Waals surface area contributed by atoms with E-state index in [1.54, 1.807) is 25.1 Å². The maximum atomic E-state index is 12.1. The number of hydrogen-bond donors (Lipinski definition) is 2. The predicted octanol–water partition coefficient (Wildman–Crippen LogP) is 1.21. The van der Waals surface area contributed by atoms with Gasteiger partial charge in [0.15, 0.2) is 0 Å². The molecule has 2 N–H and O–H groups in total. The summed E-state index contributed by atoms with van der Waals surface area (Å²) in [5.41, 5.74) is 0.407. The number of carboxylic acid groups (broad SMARTS) is 1. The van der Waals surface area contributed by atoms with E-state index in [0.717, 1.165) is 4.31 Å². The van der Waals surface area contributed by atoms with Crippen LogP contribution in [0.1, 0.15) is 13.3 Å². The largest absolute Gasteiger partial charge is 0.481 e. The van der Waals surface area contributed by atoms with Crippen LogP contribution in [0.4, 0.5) is 5.69 Å². The van der Waals surface area contributed by atoms with Crippen molar-refractivity contribution in [2.24, 2.45) is 0 Å². The third-order valence-electron chi connectivity index (χ3n) is 2.53. The molecule has 1 unspecified atom stereocenters. The van der Waals surface area contributed by atoms with Gasteiger partial charge < -0.3 is 10.4 Å². The molecule has 0 saturated heterocycles. The van der Waals surface area contributed by atoms with Crippen molar-refractivity contribution >= 4 is 21.7 Å². The van der Waals surface area contributed by atoms with Crippen molar-refractivity contribution in [1.82, 2.24) is 4.31 Å². The SMILES string of the molecule is CC(CC(=O)O)Nc1ccccc1S(=O)(=O)N(C)C. The van der Waals surface area contributed by atoms with Gasteiger partial charge in [-0.1, -0.05) is 12.1 Å². The quantitative estimate of drug-likeness (QED) is 0.821. The van der Waals surface area contributed by atoms with E-state index >= 15 is 0 Å². The van der Waals surface area contributed by atoms with Gasteiger partial charge in [-0.2, -0.15) is 0 Å². The number of rotatable bonds is 6. The first kappa shape index (κ1) is 15.5. The molecule has 0 aliphatic heterocycles. The highest BCUT2D eigenvalue weighted by Crippen LogP contribution is 2.24. The number of anilines is 1. The fourth-order valence-corrected chi connectivity index (χ4v) is 2.63. The maximum Gasteiger partial charge on any atom is 0.305 e.